The molecule has 4 heteroatoms. The summed E-state index contributed by atoms with van der Waals surface area (Å²) in [6, 6.07) is 11.2. The minimum absolute atomic E-state index is 0. The fraction of sp³-hybridized carbons (Fsp3) is 0.600. The molecule has 2 nitrogen and oxygen atoms in total. The van der Waals surface area contributed by atoms with Crippen LogP contribution in [-0.4, -0.2) is 24.2 Å². The third-order valence-corrected chi connectivity index (χ3v) is 4.39. The van der Waals surface area contributed by atoms with Crippen LogP contribution in [-0.2, 0) is 0 Å². The molecule has 1 N–H and O–H groups in total. The van der Waals surface area contributed by atoms with Crippen LogP contribution in [0.5, 0.6) is 0 Å². The summed E-state index contributed by atoms with van der Waals surface area (Å²) in [5.41, 5.74) is 1.40. The van der Waals surface area contributed by atoms with Gasteiger partial charge in [0.25, 0.3) is 0 Å². The van der Waals surface area contributed by atoms with Gasteiger partial charge in [-0.2, -0.15) is 0 Å². The first-order valence-electron chi connectivity index (χ1n) is 6.88. The van der Waals surface area contributed by atoms with Gasteiger partial charge < -0.3 is 0 Å². The largest absolute Gasteiger partial charge is 0.295 e. The smallest absolute Gasteiger partial charge is 0.0604 e. The first kappa shape index (κ1) is 16.8. The molecule has 0 spiro atoms. The van der Waals surface area contributed by atoms with Crippen LogP contribution in [0, 0.1) is 5.92 Å². The second-order valence-corrected chi connectivity index (χ2v) is 5.53. The molecule has 2 bridgehead atoms. The maximum atomic E-state index is 3.79. The molecule has 3 aliphatic rings. The molecule has 1 unspecified atom stereocenters. The number of hydrogen-bond acceptors (Lipinski definition) is 2. The molecule has 3 fully saturated rings. The molecular weight excluding hydrogens is 279 g/mol. The summed E-state index contributed by atoms with van der Waals surface area (Å²) < 4.78 is 0. The van der Waals surface area contributed by atoms with Crippen molar-refractivity contribution in [2.75, 3.05) is 13.1 Å². The number of fused-ring (bicyclic) bond motifs is 3. The van der Waals surface area contributed by atoms with Crippen LogP contribution in [0.3, 0.4) is 0 Å². The molecule has 1 aromatic rings. The van der Waals surface area contributed by atoms with Gasteiger partial charge in [-0.25, -0.2) is 0 Å². The molecule has 0 aliphatic carbocycles. The van der Waals surface area contributed by atoms with Crippen molar-refractivity contribution in [3.8, 4) is 0 Å². The topological polar surface area (TPSA) is 15.3 Å². The predicted octanol–water partition coefficient (Wildman–Crippen LogP) is 3.62. The molecule has 0 aromatic heterocycles. The summed E-state index contributed by atoms with van der Waals surface area (Å²) in [7, 11) is 0. The van der Waals surface area contributed by atoms with E-state index in [1.165, 1.54) is 37.9 Å². The molecule has 0 amide bonds. The van der Waals surface area contributed by atoms with Crippen LogP contribution in [0.4, 0.5) is 0 Å². The number of nitrogens with zero attached hydrogens (tertiary/aromatic N) is 1. The van der Waals surface area contributed by atoms with E-state index >= 15 is 0 Å². The van der Waals surface area contributed by atoms with E-state index in [9.17, 15) is 0 Å². The highest BCUT2D eigenvalue weighted by molar-refractivity contribution is 5.85. The Labute approximate surface area is 128 Å². The summed E-state index contributed by atoms with van der Waals surface area (Å²) in [5, 5.41) is 3.79. The van der Waals surface area contributed by atoms with Crippen molar-refractivity contribution in [2.24, 2.45) is 5.92 Å². The Morgan fingerprint density at radius 2 is 1.74 bits per heavy atom. The van der Waals surface area contributed by atoms with Crippen LogP contribution >= 0.6 is 24.8 Å². The average Bonchev–Trinajstić information content (AvgIpc) is 2.41. The van der Waals surface area contributed by atoms with Crippen molar-refractivity contribution in [1.29, 1.82) is 0 Å². The summed E-state index contributed by atoms with van der Waals surface area (Å²) >= 11 is 0. The van der Waals surface area contributed by atoms with Gasteiger partial charge in [0.05, 0.1) is 6.17 Å². The van der Waals surface area contributed by atoms with E-state index in [0.29, 0.717) is 12.2 Å². The molecule has 2 atom stereocenters. The Hall–Kier alpha value is -0.280. The fourth-order valence-electron chi connectivity index (χ4n) is 3.27. The van der Waals surface area contributed by atoms with Crippen molar-refractivity contribution in [3.05, 3.63) is 35.9 Å². The van der Waals surface area contributed by atoms with E-state index in [2.05, 4.69) is 47.5 Å². The molecule has 0 saturated carbocycles. The Morgan fingerprint density at radius 3 is 2.26 bits per heavy atom. The molecular formula is C15H24Cl2N2. The van der Waals surface area contributed by atoms with Gasteiger partial charge in [0.1, 0.15) is 0 Å². The second-order valence-electron chi connectivity index (χ2n) is 5.53. The Morgan fingerprint density at radius 1 is 1.11 bits per heavy atom. The first-order chi connectivity index (χ1) is 8.33. The first-order valence-corrected chi connectivity index (χ1v) is 6.88. The molecule has 3 saturated heterocycles. The van der Waals surface area contributed by atoms with E-state index in [1.54, 1.807) is 0 Å². The molecule has 3 heterocycles. The van der Waals surface area contributed by atoms with E-state index in [-0.39, 0.29) is 24.8 Å². The van der Waals surface area contributed by atoms with Gasteiger partial charge in [0, 0.05) is 6.04 Å². The highest BCUT2D eigenvalue weighted by Gasteiger charge is 2.33. The van der Waals surface area contributed by atoms with E-state index in [1.807, 2.05) is 0 Å². The third-order valence-electron chi connectivity index (χ3n) is 4.39. The van der Waals surface area contributed by atoms with Crippen LogP contribution in [0.15, 0.2) is 30.3 Å². The number of rotatable bonds is 3. The third kappa shape index (κ3) is 3.85. The molecule has 108 valence electrons. The fourth-order valence-corrected chi connectivity index (χ4v) is 3.27. The minimum Gasteiger partial charge on any atom is -0.295 e. The van der Waals surface area contributed by atoms with Crippen LogP contribution in [0.25, 0.3) is 0 Å². The SMILES string of the molecule is C[C@H](NC1CC2CCN1CC2)c1ccccc1.Cl.Cl. The van der Waals surface area contributed by atoms with Crippen LogP contribution in [0.1, 0.15) is 37.8 Å². The molecule has 0 radical (unpaired) electrons. The lowest BCUT2D eigenvalue weighted by Crippen LogP contribution is -2.55. The van der Waals surface area contributed by atoms with E-state index in [4.69, 9.17) is 0 Å². The maximum absolute atomic E-state index is 3.79. The summed E-state index contributed by atoms with van der Waals surface area (Å²) in [5.74, 6) is 0.973. The number of piperidine rings is 3. The van der Waals surface area contributed by atoms with Crippen molar-refractivity contribution in [1.82, 2.24) is 10.2 Å². The van der Waals surface area contributed by atoms with Crippen molar-refractivity contribution >= 4 is 24.8 Å². The Bertz CT molecular complexity index is 364. The van der Waals surface area contributed by atoms with E-state index in [0.717, 1.165) is 5.92 Å². The van der Waals surface area contributed by atoms with Crippen molar-refractivity contribution in [3.63, 3.8) is 0 Å². The highest BCUT2D eigenvalue weighted by Crippen LogP contribution is 2.31. The molecule has 4 rings (SSSR count). The monoisotopic (exact) mass is 302 g/mol. The van der Waals surface area contributed by atoms with Gasteiger partial charge in [0.15, 0.2) is 0 Å². The summed E-state index contributed by atoms with van der Waals surface area (Å²) in [4.78, 5) is 2.62. The second kappa shape index (κ2) is 7.49. The number of nitrogens with one attached hydrogen (secondary N) is 1. The quantitative estimate of drug-likeness (QED) is 0.917. The Kier molecular flexibility index (Phi) is 6.61. The summed E-state index contributed by atoms with van der Waals surface area (Å²) in [6.07, 6.45) is 4.78. The molecule has 3 aliphatic heterocycles. The van der Waals surface area contributed by atoms with Crippen molar-refractivity contribution in [2.45, 2.75) is 38.4 Å². The maximum Gasteiger partial charge on any atom is 0.0604 e. The normalized spacial score (nSPS) is 30.1. The molecule has 19 heavy (non-hydrogen) atoms. The summed E-state index contributed by atoms with van der Waals surface area (Å²) in [6.45, 7) is 4.87. The van der Waals surface area contributed by atoms with E-state index < -0.39 is 0 Å². The van der Waals surface area contributed by atoms with Gasteiger partial charge >= 0.3 is 0 Å². The average molecular weight is 303 g/mol. The number of hydrogen-bond donors (Lipinski definition) is 1. The zero-order chi connectivity index (χ0) is 11.7. The standard InChI is InChI=1S/C15H22N2.2ClH/c1-12(14-5-3-2-4-6-14)16-15-11-13-7-9-17(15)10-8-13;;/h2-6,12-13,15-16H,7-11H2,1H3;2*1H/t12-,15?;;/m0../s1. The lowest BCUT2D eigenvalue weighted by Gasteiger charge is -2.46. The van der Waals surface area contributed by atoms with Crippen LogP contribution < -0.4 is 5.32 Å². The van der Waals surface area contributed by atoms with Crippen molar-refractivity contribution < 1.29 is 0 Å². The van der Waals surface area contributed by atoms with Gasteiger partial charge in [0.2, 0.25) is 0 Å². The van der Waals surface area contributed by atoms with Gasteiger partial charge in [-0.15, -0.1) is 24.8 Å². The lowest BCUT2D eigenvalue weighted by molar-refractivity contribution is 0.0257. The number of halogens is 2. The minimum atomic E-state index is 0. The van der Waals surface area contributed by atoms with Gasteiger partial charge in [-0.3, -0.25) is 10.2 Å². The molecule has 1 aromatic carbocycles. The van der Waals surface area contributed by atoms with Gasteiger partial charge in [-0.1, -0.05) is 30.3 Å². The van der Waals surface area contributed by atoms with Gasteiger partial charge in [-0.05, 0) is 50.8 Å². The lowest BCUT2D eigenvalue weighted by atomic mass is 9.86. The Balaban J connectivity index is 0.000000902. The van der Waals surface area contributed by atoms with Crippen LogP contribution in [0.2, 0.25) is 0 Å². The highest BCUT2D eigenvalue weighted by atomic mass is 35.5. The predicted molar refractivity (Wildman–Crippen MR) is 85.2 cm³/mol. The zero-order valence-corrected chi connectivity index (χ0v) is 13.1. The zero-order valence-electron chi connectivity index (χ0n) is 11.4. The number of benzene rings is 1.